The highest BCUT2D eigenvalue weighted by Crippen LogP contribution is 2.28. The van der Waals surface area contributed by atoms with Crippen LogP contribution in [0.3, 0.4) is 0 Å². The number of aromatic nitrogens is 1. The molecule has 0 aliphatic carbocycles. The fourth-order valence-corrected chi connectivity index (χ4v) is 1.45. The molecule has 0 radical (unpaired) electrons. The maximum atomic E-state index is 5.63. The zero-order valence-corrected chi connectivity index (χ0v) is 7.00. The first-order chi connectivity index (χ1) is 3.80. The van der Waals surface area contributed by atoms with Crippen LogP contribution < -0.4 is 0 Å². The second kappa shape index (κ2) is 2.80. The molecule has 1 heterocycles. The minimum atomic E-state index is -0.0741. The van der Waals surface area contributed by atoms with Crippen molar-refractivity contribution in [3.63, 3.8) is 0 Å². The molecule has 0 aromatic carbocycles. The molecule has 1 nitrogen and oxygen atoms in total. The van der Waals surface area contributed by atoms with Gasteiger partial charge in [0.05, 0.1) is 10.4 Å². The quantitative estimate of drug-likeness (QED) is 0.653. The van der Waals surface area contributed by atoms with Crippen LogP contribution in [-0.4, -0.2) is 4.98 Å². The van der Waals surface area contributed by atoms with Crippen LogP contribution in [0.1, 0.15) is 9.16 Å². The number of hydrogen-bond donors (Lipinski definition) is 0. The number of rotatable bonds is 1. The molecule has 0 saturated carbocycles. The minimum absolute atomic E-state index is 0.0741. The Morgan fingerprint density at radius 2 is 2.62 bits per heavy atom. The number of thiazole rings is 1. The van der Waals surface area contributed by atoms with Crippen molar-refractivity contribution in [2.45, 2.75) is 4.29 Å². The fraction of sp³-hybridized carbons (Fsp3) is 0.250. The van der Waals surface area contributed by atoms with Gasteiger partial charge in [0.15, 0.2) is 0 Å². The lowest BCUT2D eigenvalue weighted by Crippen LogP contribution is -1.67. The van der Waals surface area contributed by atoms with Gasteiger partial charge in [-0.1, -0.05) is 15.9 Å². The third kappa shape index (κ3) is 1.44. The predicted octanol–water partition coefficient (Wildman–Crippen LogP) is 2.78. The van der Waals surface area contributed by atoms with Gasteiger partial charge >= 0.3 is 0 Å². The summed E-state index contributed by atoms with van der Waals surface area (Å²) in [6.45, 7) is 0. The topological polar surface area (TPSA) is 12.9 Å². The molecular formula is C4H3BrClNS. The molecule has 1 aromatic heterocycles. The van der Waals surface area contributed by atoms with Crippen LogP contribution in [0.2, 0.25) is 0 Å². The Hall–Kier alpha value is 0.400. The lowest BCUT2D eigenvalue weighted by molar-refractivity contribution is 1.36. The number of halogens is 2. The smallest absolute Gasteiger partial charge is 0.124 e. The summed E-state index contributed by atoms with van der Waals surface area (Å²) >= 11 is 10.4. The largest absolute Gasteiger partial charge is 0.253 e. The Morgan fingerprint density at radius 3 is 2.88 bits per heavy atom. The summed E-state index contributed by atoms with van der Waals surface area (Å²) < 4.78 is -0.0741. The Balaban J connectivity index is 2.77. The molecule has 0 aliphatic rings. The van der Waals surface area contributed by atoms with Gasteiger partial charge in [-0.3, -0.25) is 4.98 Å². The molecule has 1 aromatic rings. The zero-order chi connectivity index (χ0) is 5.98. The highest BCUT2D eigenvalue weighted by molar-refractivity contribution is 9.09. The first kappa shape index (κ1) is 6.52. The van der Waals surface area contributed by atoms with E-state index in [4.69, 9.17) is 11.6 Å². The monoisotopic (exact) mass is 211 g/mol. The molecule has 1 unspecified atom stereocenters. The lowest BCUT2D eigenvalue weighted by atomic mass is 10.6. The summed E-state index contributed by atoms with van der Waals surface area (Å²) in [5.41, 5.74) is 1.76. The van der Waals surface area contributed by atoms with E-state index < -0.39 is 0 Å². The Bertz CT molecular complexity index is 151. The molecule has 0 fully saturated rings. The molecule has 0 saturated heterocycles. The molecule has 0 spiro atoms. The van der Waals surface area contributed by atoms with Crippen molar-refractivity contribution >= 4 is 38.9 Å². The first-order valence-electron chi connectivity index (χ1n) is 1.97. The molecule has 8 heavy (non-hydrogen) atoms. The van der Waals surface area contributed by atoms with Crippen LogP contribution in [-0.2, 0) is 0 Å². The van der Waals surface area contributed by atoms with Gasteiger partial charge in [0.1, 0.15) is 4.29 Å². The standard InChI is InChI=1S/C4H3BrClNS/c5-4(6)3-1-7-2-8-3/h1-2,4H. The molecule has 1 rings (SSSR count). The van der Waals surface area contributed by atoms with Gasteiger partial charge in [0.2, 0.25) is 0 Å². The summed E-state index contributed by atoms with van der Waals surface area (Å²) in [6.07, 6.45) is 1.75. The van der Waals surface area contributed by atoms with Crippen molar-refractivity contribution in [1.29, 1.82) is 0 Å². The predicted molar refractivity (Wildman–Crippen MR) is 39.6 cm³/mol. The van der Waals surface area contributed by atoms with E-state index in [1.807, 2.05) is 0 Å². The van der Waals surface area contributed by atoms with E-state index in [0.29, 0.717) is 0 Å². The first-order valence-corrected chi connectivity index (χ1v) is 4.20. The number of hydrogen-bond acceptors (Lipinski definition) is 2. The normalized spacial score (nSPS) is 13.8. The maximum Gasteiger partial charge on any atom is 0.124 e. The van der Waals surface area contributed by atoms with Crippen LogP contribution >= 0.6 is 38.9 Å². The zero-order valence-electron chi connectivity index (χ0n) is 3.84. The van der Waals surface area contributed by atoms with Crippen molar-refractivity contribution in [2.24, 2.45) is 0 Å². The van der Waals surface area contributed by atoms with Crippen LogP contribution in [0.15, 0.2) is 11.7 Å². The van der Waals surface area contributed by atoms with Crippen molar-refractivity contribution in [2.75, 3.05) is 0 Å². The van der Waals surface area contributed by atoms with E-state index in [2.05, 4.69) is 20.9 Å². The average Bonchev–Trinajstić information content (AvgIpc) is 2.12. The van der Waals surface area contributed by atoms with Gasteiger partial charge in [0, 0.05) is 6.20 Å². The number of alkyl halides is 2. The summed E-state index contributed by atoms with van der Waals surface area (Å²) in [5.74, 6) is 0. The van der Waals surface area contributed by atoms with E-state index in [9.17, 15) is 0 Å². The molecule has 4 heteroatoms. The Kier molecular flexibility index (Phi) is 2.28. The molecule has 0 aliphatic heterocycles. The summed E-state index contributed by atoms with van der Waals surface area (Å²) in [7, 11) is 0. The van der Waals surface area contributed by atoms with Crippen LogP contribution in [0.4, 0.5) is 0 Å². The second-order valence-corrected chi connectivity index (χ2v) is 4.00. The van der Waals surface area contributed by atoms with Crippen molar-refractivity contribution < 1.29 is 0 Å². The van der Waals surface area contributed by atoms with Crippen molar-refractivity contribution in [3.8, 4) is 0 Å². The van der Waals surface area contributed by atoms with Crippen molar-refractivity contribution in [1.82, 2.24) is 4.98 Å². The highest BCUT2D eigenvalue weighted by Gasteiger charge is 2.01. The summed E-state index contributed by atoms with van der Waals surface area (Å²) in [4.78, 5) is 4.90. The molecular weight excluding hydrogens is 209 g/mol. The third-order valence-corrected chi connectivity index (χ3v) is 2.67. The van der Waals surface area contributed by atoms with Gasteiger partial charge in [-0.15, -0.1) is 22.9 Å². The maximum absolute atomic E-state index is 5.63. The minimum Gasteiger partial charge on any atom is -0.253 e. The number of nitrogens with zero attached hydrogens (tertiary/aromatic N) is 1. The summed E-state index contributed by atoms with van der Waals surface area (Å²) in [6, 6.07) is 0. The van der Waals surface area contributed by atoms with Crippen molar-refractivity contribution in [3.05, 3.63) is 16.6 Å². The van der Waals surface area contributed by atoms with Gasteiger partial charge < -0.3 is 0 Å². The van der Waals surface area contributed by atoms with E-state index in [1.54, 1.807) is 23.0 Å². The van der Waals surface area contributed by atoms with Gasteiger partial charge in [-0.05, 0) is 0 Å². The second-order valence-electron chi connectivity index (χ2n) is 1.20. The highest BCUT2D eigenvalue weighted by atomic mass is 79.9. The van der Waals surface area contributed by atoms with E-state index in [-0.39, 0.29) is 4.29 Å². The Labute approximate surface area is 64.8 Å². The molecule has 1 atom stereocenters. The average molecular weight is 212 g/mol. The van der Waals surface area contributed by atoms with E-state index in [0.717, 1.165) is 4.88 Å². The Morgan fingerprint density at radius 1 is 1.88 bits per heavy atom. The molecule has 44 valence electrons. The molecule has 0 N–H and O–H groups in total. The van der Waals surface area contributed by atoms with Crippen LogP contribution in [0.25, 0.3) is 0 Å². The fourth-order valence-electron chi connectivity index (χ4n) is 0.333. The van der Waals surface area contributed by atoms with E-state index in [1.165, 1.54) is 0 Å². The third-order valence-electron chi connectivity index (χ3n) is 0.666. The van der Waals surface area contributed by atoms with Gasteiger partial charge in [-0.25, -0.2) is 0 Å². The molecule has 0 bridgehead atoms. The lowest BCUT2D eigenvalue weighted by Gasteiger charge is -1.89. The SMILES string of the molecule is ClC(Br)c1cncs1. The van der Waals surface area contributed by atoms with E-state index >= 15 is 0 Å². The van der Waals surface area contributed by atoms with Gasteiger partial charge in [-0.2, -0.15) is 0 Å². The van der Waals surface area contributed by atoms with Gasteiger partial charge in [0.25, 0.3) is 0 Å². The summed E-state index contributed by atoms with van der Waals surface area (Å²) in [5, 5.41) is 0. The van der Waals surface area contributed by atoms with Crippen LogP contribution in [0.5, 0.6) is 0 Å². The molecule has 0 amide bonds. The van der Waals surface area contributed by atoms with Crippen LogP contribution in [0, 0.1) is 0 Å².